The van der Waals surface area contributed by atoms with Gasteiger partial charge in [0.25, 0.3) is 5.91 Å². The number of aryl methyl sites for hydroxylation is 1. The Morgan fingerprint density at radius 2 is 2.33 bits per heavy atom. The molecule has 0 saturated carbocycles. The van der Waals surface area contributed by atoms with Crippen molar-refractivity contribution in [2.75, 3.05) is 0 Å². The second kappa shape index (κ2) is 5.14. The molecule has 0 aliphatic heterocycles. The van der Waals surface area contributed by atoms with Crippen LogP contribution in [0.15, 0.2) is 28.6 Å². The maximum absolute atomic E-state index is 11.9. The van der Waals surface area contributed by atoms with Crippen LogP contribution in [0.5, 0.6) is 0 Å². The van der Waals surface area contributed by atoms with Crippen molar-refractivity contribution in [3.05, 3.63) is 50.3 Å². The van der Waals surface area contributed by atoms with E-state index in [4.69, 9.17) is 0 Å². The van der Waals surface area contributed by atoms with Gasteiger partial charge in [0.15, 0.2) is 5.43 Å². The van der Waals surface area contributed by atoms with Gasteiger partial charge in [-0.15, -0.1) is 11.3 Å². The summed E-state index contributed by atoms with van der Waals surface area (Å²) >= 11 is 1.49. The molecule has 1 amide bonds. The predicted molar refractivity (Wildman–Crippen MR) is 69.8 cm³/mol. The third-order valence-corrected chi connectivity index (χ3v) is 3.57. The lowest BCUT2D eigenvalue weighted by Gasteiger charge is -2.10. The first kappa shape index (κ1) is 12.5. The number of aromatic nitrogens is 2. The summed E-state index contributed by atoms with van der Waals surface area (Å²) in [6, 6.07) is 1.11. The number of carbonyl (C=O) groups excluding carboxylic acids is 1. The number of thiazole rings is 1. The lowest BCUT2D eigenvalue weighted by Crippen LogP contribution is -2.30. The lowest BCUT2D eigenvalue weighted by molar-refractivity contribution is 0.0938. The number of rotatable bonds is 3. The number of amides is 1. The number of nitrogens with one attached hydrogen (secondary N) is 2. The summed E-state index contributed by atoms with van der Waals surface area (Å²) in [5, 5.41) is 5.51. The Morgan fingerprint density at radius 3 is 2.94 bits per heavy atom. The second-order valence-corrected chi connectivity index (χ2v) is 4.83. The van der Waals surface area contributed by atoms with Crippen molar-refractivity contribution in [1.29, 1.82) is 0 Å². The monoisotopic (exact) mass is 263 g/mol. The molecule has 0 bridgehead atoms. The van der Waals surface area contributed by atoms with Gasteiger partial charge < -0.3 is 10.3 Å². The molecule has 0 spiro atoms. The first-order valence-electron chi connectivity index (χ1n) is 5.48. The van der Waals surface area contributed by atoms with Crippen molar-refractivity contribution in [2.45, 2.75) is 19.9 Å². The van der Waals surface area contributed by atoms with E-state index >= 15 is 0 Å². The van der Waals surface area contributed by atoms with Crippen LogP contribution < -0.4 is 10.7 Å². The van der Waals surface area contributed by atoms with Crippen LogP contribution in [0.25, 0.3) is 0 Å². The van der Waals surface area contributed by atoms with E-state index in [9.17, 15) is 9.59 Å². The Hall–Kier alpha value is -1.95. The van der Waals surface area contributed by atoms with E-state index in [1.807, 2.05) is 19.2 Å². The average Bonchev–Trinajstić information content (AvgIpc) is 2.76. The zero-order valence-electron chi connectivity index (χ0n) is 10.1. The van der Waals surface area contributed by atoms with Gasteiger partial charge in [-0.2, -0.15) is 0 Å². The summed E-state index contributed by atoms with van der Waals surface area (Å²) in [7, 11) is 0. The van der Waals surface area contributed by atoms with Crippen LogP contribution in [-0.2, 0) is 0 Å². The Morgan fingerprint density at radius 1 is 1.56 bits per heavy atom. The molecule has 1 atom stereocenters. The molecule has 94 valence electrons. The molecule has 2 N–H and O–H groups in total. The molecular formula is C12H13N3O2S. The topological polar surface area (TPSA) is 74.8 Å². The minimum absolute atomic E-state index is 0.109. The highest BCUT2D eigenvalue weighted by Crippen LogP contribution is 2.17. The molecule has 2 aromatic heterocycles. The van der Waals surface area contributed by atoms with Crippen LogP contribution in [0.3, 0.4) is 0 Å². The Bertz CT molecular complexity index is 618. The molecule has 2 aromatic rings. The highest BCUT2D eigenvalue weighted by Gasteiger charge is 2.15. The summed E-state index contributed by atoms with van der Waals surface area (Å²) in [6.45, 7) is 3.74. The van der Waals surface area contributed by atoms with Gasteiger partial charge in [0.2, 0.25) is 0 Å². The van der Waals surface area contributed by atoms with Crippen LogP contribution >= 0.6 is 11.3 Å². The van der Waals surface area contributed by atoms with Crippen molar-refractivity contribution in [3.63, 3.8) is 0 Å². The third kappa shape index (κ3) is 2.65. The van der Waals surface area contributed by atoms with E-state index in [1.165, 1.54) is 29.8 Å². The maximum Gasteiger partial charge on any atom is 0.257 e. The van der Waals surface area contributed by atoms with E-state index in [0.29, 0.717) is 0 Å². The molecule has 0 aromatic carbocycles. The predicted octanol–water partition coefficient (Wildman–Crippen LogP) is 1.63. The standard InChI is InChI=1S/C12H13N3O2S/c1-7-6-18-12(14-7)8(2)15-11(17)9-5-13-4-3-10(9)16/h3-6,8H,1-2H3,(H,13,16)(H,15,17). The zero-order valence-corrected chi connectivity index (χ0v) is 10.9. The number of pyridine rings is 1. The number of hydrogen-bond acceptors (Lipinski definition) is 4. The van der Waals surface area contributed by atoms with Crippen molar-refractivity contribution < 1.29 is 4.79 Å². The Kier molecular flexibility index (Phi) is 3.57. The molecule has 0 fully saturated rings. The zero-order chi connectivity index (χ0) is 13.1. The van der Waals surface area contributed by atoms with Crippen molar-refractivity contribution in [1.82, 2.24) is 15.3 Å². The molecule has 0 aliphatic carbocycles. The van der Waals surface area contributed by atoms with Gasteiger partial charge in [0.05, 0.1) is 6.04 Å². The number of nitrogens with zero attached hydrogens (tertiary/aromatic N) is 1. The lowest BCUT2D eigenvalue weighted by atomic mass is 10.2. The molecule has 0 aliphatic rings. The smallest absolute Gasteiger partial charge is 0.257 e. The Balaban J connectivity index is 2.13. The minimum Gasteiger partial charge on any atom is -0.367 e. The summed E-state index contributed by atoms with van der Waals surface area (Å²) in [5.41, 5.74) is 0.736. The van der Waals surface area contributed by atoms with Gasteiger partial charge >= 0.3 is 0 Å². The second-order valence-electron chi connectivity index (χ2n) is 3.94. The molecule has 2 rings (SSSR count). The number of hydrogen-bond donors (Lipinski definition) is 2. The highest BCUT2D eigenvalue weighted by atomic mass is 32.1. The third-order valence-electron chi connectivity index (χ3n) is 2.42. The maximum atomic E-state index is 11.9. The van der Waals surface area contributed by atoms with E-state index in [2.05, 4.69) is 15.3 Å². The van der Waals surface area contributed by atoms with Gasteiger partial charge in [0.1, 0.15) is 10.6 Å². The van der Waals surface area contributed by atoms with E-state index in [1.54, 1.807) is 0 Å². The number of aromatic amines is 1. The normalized spacial score (nSPS) is 12.1. The van der Waals surface area contributed by atoms with E-state index in [-0.39, 0.29) is 17.0 Å². The first-order chi connectivity index (χ1) is 8.58. The fourth-order valence-corrected chi connectivity index (χ4v) is 2.30. The Labute approximate surface area is 108 Å². The van der Waals surface area contributed by atoms with Gasteiger partial charge in [-0.05, 0) is 13.8 Å². The number of H-pyrrole nitrogens is 1. The van der Waals surface area contributed by atoms with Crippen LogP contribution in [0.2, 0.25) is 0 Å². The summed E-state index contributed by atoms with van der Waals surface area (Å²) in [5.74, 6) is -0.391. The van der Waals surface area contributed by atoms with E-state index in [0.717, 1.165) is 10.7 Å². The molecular weight excluding hydrogens is 250 g/mol. The fraction of sp³-hybridized carbons (Fsp3) is 0.250. The van der Waals surface area contributed by atoms with Crippen LogP contribution in [0, 0.1) is 6.92 Å². The van der Waals surface area contributed by atoms with Gasteiger partial charge in [0, 0.05) is 29.5 Å². The molecule has 0 radical (unpaired) electrons. The SMILES string of the molecule is Cc1csc(C(C)NC(=O)c2c[nH]ccc2=O)n1. The van der Waals surface area contributed by atoms with Crippen LogP contribution in [0.1, 0.15) is 34.0 Å². The van der Waals surface area contributed by atoms with Gasteiger partial charge in [-0.1, -0.05) is 0 Å². The number of carbonyl (C=O) groups is 1. The van der Waals surface area contributed by atoms with Crippen LogP contribution in [0.4, 0.5) is 0 Å². The summed E-state index contributed by atoms with van der Waals surface area (Å²) < 4.78 is 0. The first-order valence-corrected chi connectivity index (χ1v) is 6.36. The molecule has 18 heavy (non-hydrogen) atoms. The molecule has 0 saturated heterocycles. The van der Waals surface area contributed by atoms with Crippen molar-refractivity contribution in [3.8, 4) is 0 Å². The van der Waals surface area contributed by atoms with Crippen molar-refractivity contribution in [2.24, 2.45) is 0 Å². The summed E-state index contributed by atoms with van der Waals surface area (Å²) in [4.78, 5) is 30.4. The quantitative estimate of drug-likeness (QED) is 0.883. The molecule has 5 nitrogen and oxygen atoms in total. The molecule has 6 heteroatoms. The van der Waals surface area contributed by atoms with Crippen LogP contribution in [-0.4, -0.2) is 15.9 Å². The summed E-state index contributed by atoms with van der Waals surface area (Å²) in [6.07, 6.45) is 2.89. The molecule has 1 unspecified atom stereocenters. The largest absolute Gasteiger partial charge is 0.367 e. The van der Waals surface area contributed by atoms with Crippen molar-refractivity contribution >= 4 is 17.2 Å². The fourth-order valence-electron chi connectivity index (χ4n) is 1.50. The van der Waals surface area contributed by atoms with Gasteiger partial charge in [-0.25, -0.2) is 4.98 Å². The minimum atomic E-state index is -0.391. The van der Waals surface area contributed by atoms with E-state index < -0.39 is 5.91 Å². The highest BCUT2D eigenvalue weighted by molar-refractivity contribution is 7.09. The molecule has 2 heterocycles. The average molecular weight is 263 g/mol. The van der Waals surface area contributed by atoms with Gasteiger partial charge in [-0.3, -0.25) is 9.59 Å².